The molecule has 0 saturated carbocycles. The van der Waals surface area contributed by atoms with E-state index in [9.17, 15) is 0 Å². The van der Waals surface area contributed by atoms with E-state index in [1.54, 1.807) is 0 Å². The molecule has 1 unspecified atom stereocenters. The highest BCUT2D eigenvalue weighted by atomic mass is 15.2. The summed E-state index contributed by atoms with van der Waals surface area (Å²) in [5.41, 5.74) is 21.1. The molecular weight excluding hydrogens is 809 g/mol. The van der Waals surface area contributed by atoms with Gasteiger partial charge in [-0.3, -0.25) is 0 Å². The number of fused-ring (bicyclic) bond motifs is 11. The summed E-state index contributed by atoms with van der Waals surface area (Å²) in [6, 6.07) is 98.2. The Balaban J connectivity index is 1.07. The zero-order chi connectivity index (χ0) is 44.3. The molecule has 0 heterocycles. The number of rotatable bonds is 8. The Morgan fingerprint density at radius 3 is 1.30 bits per heavy atom. The molecule has 0 aliphatic heterocycles. The summed E-state index contributed by atoms with van der Waals surface area (Å²) >= 11 is 0. The van der Waals surface area contributed by atoms with Crippen LogP contribution in [0.2, 0.25) is 0 Å². The third-order valence-corrected chi connectivity index (χ3v) is 14.0. The lowest BCUT2D eigenvalue weighted by atomic mass is 9.70. The molecule has 67 heavy (non-hydrogen) atoms. The molecule has 11 aromatic carbocycles. The molecule has 2 aliphatic carbocycles. The molecule has 0 bridgehead atoms. The predicted molar refractivity (Wildman–Crippen MR) is 280 cm³/mol. The van der Waals surface area contributed by atoms with Crippen LogP contribution in [0.15, 0.2) is 267 Å². The van der Waals surface area contributed by atoms with E-state index in [0.717, 1.165) is 34.1 Å². The minimum atomic E-state index is -0.596. The highest BCUT2D eigenvalue weighted by molar-refractivity contribution is 6.07. The van der Waals surface area contributed by atoms with Crippen LogP contribution in [0.25, 0.3) is 55.3 Å². The molecule has 0 radical (unpaired) electrons. The van der Waals surface area contributed by atoms with Gasteiger partial charge in [0.2, 0.25) is 0 Å². The molecule has 314 valence electrons. The zero-order valence-corrected chi connectivity index (χ0v) is 36.8. The maximum Gasteiger partial charge on any atom is 0.0727 e. The molecule has 2 aliphatic rings. The van der Waals surface area contributed by atoms with Crippen molar-refractivity contribution in [3.05, 3.63) is 289 Å². The molecule has 0 N–H and O–H groups in total. The maximum absolute atomic E-state index is 2.51. The van der Waals surface area contributed by atoms with Crippen molar-refractivity contribution in [3.8, 4) is 44.5 Å². The summed E-state index contributed by atoms with van der Waals surface area (Å²) in [5.74, 6) is 0. The van der Waals surface area contributed by atoms with Crippen LogP contribution in [-0.4, -0.2) is 0 Å². The SMILES string of the molecule is c1ccc(-c2cccc(N(c3ccccc3)c3ccc4c(c3)C3(c5ccccc5-4)c4ccccc4-c4ccc(N(c5ccccc5)c5c(-c6ccccc6)ccc6ccccc56)cc43)c2)cc1. The lowest BCUT2D eigenvalue weighted by molar-refractivity contribution is 0.793. The van der Waals surface area contributed by atoms with Crippen molar-refractivity contribution in [2.75, 3.05) is 9.80 Å². The van der Waals surface area contributed by atoms with E-state index in [0.29, 0.717) is 0 Å². The fourth-order valence-electron chi connectivity index (χ4n) is 11.2. The maximum atomic E-state index is 2.51. The van der Waals surface area contributed by atoms with E-state index in [1.165, 1.54) is 77.5 Å². The number of nitrogens with zero attached hydrogens (tertiary/aromatic N) is 2. The van der Waals surface area contributed by atoms with Crippen LogP contribution < -0.4 is 9.80 Å². The van der Waals surface area contributed by atoms with E-state index in [1.807, 2.05) is 0 Å². The Kier molecular flexibility index (Phi) is 9.11. The summed E-state index contributed by atoms with van der Waals surface area (Å²) in [4.78, 5) is 4.92. The lowest BCUT2D eigenvalue weighted by Gasteiger charge is -2.34. The molecule has 13 rings (SSSR count). The quantitative estimate of drug-likeness (QED) is 0.150. The number of hydrogen-bond acceptors (Lipinski definition) is 2. The first-order chi connectivity index (χ1) is 33.3. The minimum absolute atomic E-state index is 0.596. The van der Waals surface area contributed by atoms with Gasteiger partial charge in [0.15, 0.2) is 0 Å². The van der Waals surface area contributed by atoms with Crippen molar-refractivity contribution >= 4 is 44.9 Å². The number of para-hydroxylation sites is 2. The summed E-state index contributed by atoms with van der Waals surface area (Å²) in [5, 5.41) is 2.40. The Labute approximate surface area is 391 Å². The Bertz CT molecular complexity index is 3630. The molecule has 0 fully saturated rings. The minimum Gasteiger partial charge on any atom is -0.310 e. The third-order valence-electron chi connectivity index (χ3n) is 14.0. The lowest BCUT2D eigenvalue weighted by Crippen LogP contribution is -2.26. The molecular formula is C65H44N2. The Morgan fingerprint density at radius 2 is 0.672 bits per heavy atom. The van der Waals surface area contributed by atoms with Gasteiger partial charge >= 0.3 is 0 Å². The van der Waals surface area contributed by atoms with E-state index in [-0.39, 0.29) is 0 Å². The predicted octanol–water partition coefficient (Wildman–Crippen LogP) is 17.5. The average Bonchev–Trinajstić information content (AvgIpc) is 3.87. The fourth-order valence-corrected chi connectivity index (χ4v) is 11.2. The average molecular weight is 853 g/mol. The van der Waals surface area contributed by atoms with Gasteiger partial charge in [0.1, 0.15) is 0 Å². The van der Waals surface area contributed by atoms with Crippen LogP contribution in [-0.2, 0) is 5.41 Å². The number of benzene rings is 11. The number of anilines is 6. The standard InChI is InChI=1S/C65H44N2/c1-5-20-45(21-6-1)48-25-19-30-51(42-48)66(49-26-9-3-10-27-49)52-37-40-58-56-32-15-17-34-60(56)65(62(58)43-52)61-35-18-16-33-57(61)59-41-38-53(44-63(59)65)67(50-28-11-4-12-29-50)64-54-31-14-13-24-47(54)36-39-55(64)46-22-7-2-8-23-46/h1-44H. The highest BCUT2D eigenvalue weighted by Crippen LogP contribution is 2.64. The van der Waals surface area contributed by atoms with Crippen molar-refractivity contribution in [2.24, 2.45) is 0 Å². The fraction of sp³-hybridized carbons (Fsp3) is 0.0154. The molecule has 1 spiro atoms. The van der Waals surface area contributed by atoms with Gasteiger partial charge in [-0.2, -0.15) is 0 Å². The first-order valence-corrected chi connectivity index (χ1v) is 23.2. The van der Waals surface area contributed by atoms with Gasteiger partial charge in [-0.1, -0.05) is 206 Å². The first kappa shape index (κ1) is 38.7. The largest absolute Gasteiger partial charge is 0.310 e. The second-order valence-electron chi connectivity index (χ2n) is 17.6. The molecule has 0 saturated heterocycles. The van der Waals surface area contributed by atoms with Crippen molar-refractivity contribution in [3.63, 3.8) is 0 Å². The summed E-state index contributed by atoms with van der Waals surface area (Å²) in [7, 11) is 0. The van der Waals surface area contributed by atoms with Gasteiger partial charge in [-0.25, -0.2) is 0 Å². The van der Waals surface area contributed by atoms with Crippen LogP contribution in [0, 0.1) is 0 Å². The topological polar surface area (TPSA) is 6.48 Å². The molecule has 0 aromatic heterocycles. The third kappa shape index (κ3) is 6.11. The van der Waals surface area contributed by atoms with Crippen LogP contribution in [0.3, 0.4) is 0 Å². The highest BCUT2D eigenvalue weighted by Gasteiger charge is 2.52. The number of hydrogen-bond donors (Lipinski definition) is 0. The normalized spacial score (nSPS) is 14.0. The van der Waals surface area contributed by atoms with Gasteiger partial charge in [-0.05, 0) is 127 Å². The van der Waals surface area contributed by atoms with Crippen LogP contribution >= 0.6 is 0 Å². The van der Waals surface area contributed by atoms with Gasteiger partial charge in [-0.15, -0.1) is 0 Å². The summed E-state index contributed by atoms with van der Waals surface area (Å²) < 4.78 is 0. The van der Waals surface area contributed by atoms with Crippen molar-refractivity contribution < 1.29 is 0 Å². The van der Waals surface area contributed by atoms with Gasteiger partial charge in [0.25, 0.3) is 0 Å². The van der Waals surface area contributed by atoms with Crippen molar-refractivity contribution in [1.82, 2.24) is 0 Å². The van der Waals surface area contributed by atoms with E-state index in [4.69, 9.17) is 0 Å². The van der Waals surface area contributed by atoms with E-state index in [2.05, 4.69) is 277 Å². The Hall–Kier alpha value is -8.72. The Morgan fingerprint density at radius 1 is 0.239 bits per heavy atom. The van der Waals surface area contributed by atoms with E-state index < -0.39 is 5.41 Å². The van der Waals surface area contributed by atoms with Crippen LogP contribution in [0.5, 0.6) is 0 Å². The second kappa shape index (κ2) is 15.8. The van der Waals surface area contributed by atoms with Crippen molar-refractivity contribution in [2.45, 2.75) is 5.41 Å². The molecule has 2 nitrogen and oxygen atoms in total. The summed E-state index contributed by atoms with van der Waals surface area (Å²) in [6.07, 6.45) is 0. The smallest absolute Gasteiger partial charge is 0.0727 e. The van der Waals surface area contributed by atoms with Crippen LogP contribution in [0.1, 0.15) is 22.3 Å². The zero-order valence-electron chi connectivity index (χ0n) is 36.8. The molecule has 11 aromatic rings. The first-order valence-electron chi connectivity index (χ1n) is 23.2. The van der Waals surface area contributed by atoms with Crippen LogP contribution in [0.4, 0.5) is 34.1 Å². The molecule has 1 atom stereocenters. The van der Waals surface area contributed by atoms with E-state index >= 15 is 0 Å². The van der Waals surface area contributed by atoms with Gasteiger partial charge < -0.3 is 9.80 Å². The van der Waals surface area contributed by atoms with Crippen molar-refractivity contribution in [1.29, 1.82) is 0 Å². The molecule has 2 heteroatoms. The van der Waals surface area contributed by atoms with Gasteiger partial charge in [0.05, 0.1) is 11.1 Å². The summed E-state index contributed by atoms with van der Waals surface area (Å²) in [6.45, 7) is 0. The monoisotopic (exact) mass is 852 g/mol. The van der Waals surface area contributed by atoms with Gasteiger partial charge in [0, 0.05) is 39.4 Å². The second-order valence-corrected chi connectivity index (χ2v) is 17.6. The molecule has 0 amide bonds.